The molecule has 0 unspecified atom stereocenters. The lowest BCUT2D eigenvalue weighted by Crippen LogP contribution is -2.04. The van der Waals surface area contributed by atoms with Crippen LogP contribution in [0.5, 0.6) is 0 Å². The number of nitrogen functional groups attached to an aromatic ring is 2. The van der Waals surface area contributed by atoms with Gasteiger partial charge in [-0.1, -0.05) is 72.8 Å². The zero-order valence-corrected chi connectivity index (χ0v) is 23.7. The third kappa shape index (κ3) is 5.48. The van der Waals surface area contributed by atoms with E-state index in [1.165, 1.54) is 6.34 Å². The maximum absolute atomic E-state index is 6.79. The highest BCUT2D eigenvalue weighted by atomic mass is 32.1. The first-order valence-corrected chi connectivity index (χ1v) is 14.1. The summed E-state index contributed by atoms with van der Waals surface area (Å²) in [5.41, 5.74) is 25.4. The number of nitrogens with two attached hydrogens (primary N) is 3. The summed E-state index contributed by atoms with van der Waals surface area (Å²) in [6, 6.07) is 34.5. The Morgan fingerprint density at radius 1 is 0.829 bits per heavy atom. The van der Waals surface area contributed by atoms with E-state index < -0.39 is 0 Å². The highest BCUT2D eigenvalue weighted by molar-refractivity contribution is 7.23. The van der Waals surface area contributed by atoms with Crippen LogP contribution in [0.2, 0.25) is 0 Å². The summed E-state index contributed by atoms with van der Waals surface area (Å²) in [7, 11) is 0. The maximum atomic E-state index is 6.79. The molecule has 0 aliphatic heterocycles. The number of para-hydroxylation sites is 1. The van der Waals surface area contributed by atoms with Gasteiger partial charge in [-0.15, -0.1) is 17.9 Å². The monoisotopic (exact) mass is 556 g/mol. The topological polar surface area (TPSA) is 108 Å². The molecular weight excluding hydrogens is 524 g/mol. The van der Waals surface area contributed by atoms with Gasteiger partial charge in [-0.05, 0) is 48.9 Å². The molecule has 6 aromatic rings. The van der Waals surface area contributed by atoms with Crippen molar-refractivity contribution in [3.63, 3.8) is 0 Å². The summed E-state index contributed by atoms with van der Waals surface area (Å²) in [5, 5.41) is 2.03. The summed E-state index contributed by atoms with van der Waals surface area (Å²) < 4.78 is 3.31. The van der Waals surface area contributed by atoms with E-state index in [1.54, 1.807) is 17.4 Å². The van der Waals surface area contributed by atoms with Crippen LogP contribution in [-0.2, 0) is 6.54 Å². The van der Waals surface area contributed by atoms with Gasteiger partial charge in [-0.25, -0.2) is 4.99 Å². The fourth-order valence-electron chi connectivity index (χ4n) is 4.78. The number of thiophene rings is 1. The minimum Gasteiger partial charge on any atom is -0.397 e. The van der Waals surface area contributed by atoms with Crippen LogP contribution >= 0.6 is 11.3 Å². The molecule has 204 valence electrons. The van der Waals surface area contributed by atoms with Crippen molar-refractivity contribution in [2.75, 3.05) is 11.5 Å². The van der Waals surface area contributed by atoms with E-state index in [0.29, 0.717) is 18.1 Å². The molecular formula is C34H32N6S. The Hall–Kier alpha value is -5.14. The molecule has 0 radical (unpaired) electrons. The van der Waals surface area contributed by atoms with Gasteiger partial charge in [-0.3, -0.25) is 4.99 Å². The molecule has 0 aliphatic rings. The number of rotatable bonds is 5. The van der Waals surface area contributed by atoms with Gasteiger partial charge in [0.25, 0.3) is 0 Å². The molecule has 0 saturated heterocycles. The smallest absolute Gasteiger partial charge is 0.156 e. The molecule has 0 spiro atoms. The number of allylic oxidation sites excluding steroid dienone is 1. The van der Waals surface area contributed by atoms with Crippen LogP contribution in [0.25, 0.3) is 37.2 Å². The summed E-state index contributed by atoms with van der Waals surface area (Å²) in [4.78, 5) is 10.00. The molecule has 0 fully saturated rings. The number of hydrogen-bond donors (Lipinski definition) is 3. The van der Waals surface area contributed by atoms with Gasteiger partial charge in [0.05, 0.1) is 40.3 Å². The predicted octanol–water partition coefficient (Wildman–Crippen LogP) is 7.80. The highest BCUT2D eigenvalue weighted by Crippen LogP contribution is 2.47. The molecule has 0 atom stereocenters. The van der Waals surface area contributed by atoms with Crippen molar-refractivity contribution in [1.82, 2.24) is 4.57 Å². The summed E-state index contributed by atoms with van der Waals surface area (Å²) >= 11 is 1.66. The third-order valence-electron chi connectivity index (χ3n) is 6.60. The van der Waals surface area contributed by atoms with Crippen LogP contribution < -0.4 is 17.2 Å². The van der Waals surface area contributed by atoms with Crippen molar-refractivity contribution in [3.05, 3.63) is 127 Å². The number of amidine groups is 1. The van der Waals surface area contributed by atoms with Crippen LogP contribution in [0, 0.1) is 0 Å². The van der Waals surface area contributed by atoms with Crippen LogP contribution in [-0.4, -0.2) is 16.7 Å². The van der Waals surface area contributed by atoms with Crippen LogP contribution in [0.3, 0.4) is 0 Å². The Bertz CT molecular complexity index is 1860. The van der Waals surface area contributed by atoms with Crippen LogP contribution in [0.4, 0.5) is 11.4 Å². The minimum absolute atomic E-state index is 0.517. The molecule has 0 aliphatic carbocycles. The normalized spacial score (nSPS) is 11.6. The average molecular weight is 557 g/mol. The van der Waals surface area contributed by atoms with Crippen LogP contribution in [0.1, 0.15) is 18.1 Å². The van der Waals surface area contributed by atoms with Gasteiger partial charge in [0.1, 0.15) is 0 Å². The Balaban J connectivity index is 0.00000108. The number of fused-ring (bicyclic) bond motifs is 2. The Morgan fingerprint density at radius 3 is 2.15 bits per heavy atom. The van der Waals surface area contributed by atoms with Crippen molar-refractivity contribution in [2.24, 2.45) is 15.7 Å². The molecule has 7 heteroatoms. The largest absolute Gasteiger partial charge is 0.397 e. The van der Waals surface area contributed by atoms with Gasteiger partial charge in [-0.2, -0.15) is 0 Å². The maximum Gasteiger partial charge on any atom is 0.156 e. The number of aliphatic imine (C=N–C) groups is 2. The molecule has 0 saturated carbocycles. The summed E-state index contributed by atoms with van der Waals surface area (Å²) in [6.45, 7) is 5.77. The molecule has 6 N–H and O–H groups in total. The molecule has 0 amide bonds. The molecule has 41 heavy (non-hydrogen) atoms. The molecule has 2 heterocycles. The predicted molar refractivity (Wildman–Crippen MR) is 178 cm³/mol. The van der Waals surface area contributed by atoms with Gasteiger partial charge in [0.2, 0.25) is 0 Å². The van der Waals surface area contributed by atoms with E-state index in [4.69, 9.17) is 22.2 Å². The van der Waals surface area contributed by atoms with Crippen LogP contribution in [0.15, 0.2) is 126 Å². The van der Waals surface area contributed by atoms with Gasteiger partial charge in [0.15, 0.2) is 5.84 Å². The first-order chi connectivity index (χ1) is 20.1. The van der Waals surface area contributed by atoms with Crippen molar-refractivity contribution < 1.29 is 0 Å². The molecule has 2 aromatic heterocycles. The second kappa shape index (κ2) is 12.4. The number of benzene rings is 4. The van der Waals surface area contributed by atoms with E-state index in [0.717, 1.165) is 54.1 Å². The quantitative estimate of drug-likeness (QED) is 0.114. The SMILES string of the molecule is C=CC.NC=NC(=NCc1ccccc1)c1ccc(-n2c(-c3sc4ccccc4c3N)c(N)c3ccccc32)cc1. The fourth-order valence-corrected chi connectivity index (χ4v) is 5.96. The van der Waals surface area contributed by atoms with Gasteiger partial charge >= 0.3 is 0 Å². The van der Waals surface area contributed by atoms with E-state index in [2.05, 4.69) is 46.5 Å². The van der Waals surface area contributed by atoms with Gasteiger partial charge < -0.3 is 21.8 Å². The molecule has 6 rings (SSSR count). The molecule has 6 nitrogen and oxygen atoms in total. The Morgan fingerprint density at radius 2 is 1.46 bits per heavy atom. The standard InChI is InChI=1S/C31H26N6S.C3H6/c32-19-36-31(35-18-20-8-2-1-3-9-20)21-14-16-22(17-15-21)37-25-12-6-4-10-23(25)27(33)29(37)30-28(34)24-11-5-7-13-26(24)38-30;1-3-2/h1-17,19H,18,33-34H2,(H2,32,35,36);3H,1H2,2H3. The second-order valence-corrected chi connectivity index (χ2v) is 10.4. The first-order valence-electron chi connectivity index (χ1n) is 13.2. The Labute approximate surface area is 243 Å². The zero-order chi connectivity index (χ0) is 28.8. The second-order valence-electron chi connectivity index (χ2n) is 9.31. The average Bonchev–Trinajstić information content (AvgIpc) is 3.49. The number of aromatic nitrogens is 1. The molecule has 4 aromatic carbocycles. The van der Waals surface area contributed by atoms with Crippen molar-refractivity contribution >= 4 is 55.9 Å². The zero-order valence-electron chi connectivity index (χ0n) is 22.9. The number of hydrogen-bond acceptors (Lipinski definition) is 4. The third-order valence-corrected chi connectivity index (χ3v) is 7.79. The minimum atomic E-state index is 0.517. The number of anilines is 2. The Kier molecular flexibility index (Phi) is 8.27. The van der Waals surface area contributed by atoms with Crippen molar-refractivity contribution in [3.8, 4) is 16.3 Å². The molecule has 0 bridgehead atoms. The lowest BCUT2D eigenvalue weighted by molar-refractivity contribution is 1.06. The lowest BCUT2D eigenvalue weighted by atomic mass is 10.1. The summed E-state index contributed by atoms with van der Waals surface area (Å²) in [5.74, 6) is 0.578. The summed E-state index contributed by atoms with van der Waals surface area (Å²) in [6.07, 6.45) is 3.03. The first kappa shape index (κ1) is 27.4. The number of nitrogens with zero attached hydrogens (tertiary/aromatic N) is 3. The van der Waals surface area contributed by atoms with Crippen molar-refractivity contribution in [2.45, 2.75) is 13.5 Å². The van der Waals surface area contributed by atoms with E-state index in [1.807, 2.05) is 79.7 Å². The van der Waals surface area contributed by atoms with Gasteiger partial charge in [0, 0.05) is 26.7 Å². The highest BCUT2D eigenvalue weighted by Gasteiger charge is 2.22. The van der Waals surface area contributed by atoms with E-state index in [-0.39, 0.29) is 0 Å². The fraction of sp³-hybridized carbons (Fsp3) is 0.0588. The lowest BCUT2D eigenvalue weighted by Gasteiger charge is -2.12. The van der Waals surface area contributed by atoms with Crippen molar-refractivity contribution in [1.29, 1.82) is 0 Å². The van der Waals surface area contributed by atoms with E-state index in [9.17, 15) is 0 Å². The van der Waals surface area contributed by atoms with E-state index >= 15 is 0 Å².